The van der Waals surface area contributed by atoms with Gasteiger partial charge in [0.25, 0.3) is 0 Å². The maximum absolute atomic E-state index is 13.0. The first kappa shape index (κ1) is 35.4. The van der Waals surface area contributed by atoms with Crippen molar-refractivity contribution in [3.63, 3.8) is 0 Å². The summed E-state index contributed by atoms with van der Waals surface area (Å²) in [6.45, 7) is 18.4. The zero-order valence-corrected chi connectivity index (χ0v) is 28.7. The number of allylic oxidation sites excluding steroid dienone is 2. The van der Waals surface area contributed by atoms with E-state index < -0.39 is 59.7 Å². The van der Waals surface area contributed by atoms with Crippen LogP contribution in [-0.4, -0.2) is 67.0 Å². The van der Waals surface area contributed by atoms with E-state index >= 15 is 0 Å². The molecular formula is C36H60O8. The van der Waals surface area contributed by atoms with Gasteiger partial charge in [-0.2, -0.15) is 0 Å². The molecule has 0 bridgehead atoms. The van der Waals surface area contributed by atoms with E-state index in [1.54, 1.807) is 19.4 Å². The molecule has 0 amide bonds. The van der Waals surface area contributed by atoms with E-state index in [0.29, 0.717) is 24.7 Å². The third-order valence-electron chi connectivity index (χ3n) is 13.5. The van der Waals surface area contributed by atoms with Crippen molar-refractivity contribution in [2.45, 2.75) is 162 Å². The number of carboxylic acid groups (broad SMARTS) is 1. The molecule has 8 heteroatoms. The lowest BCUT2D eigenvalue weighted by atomic mass is 9.43. The molecule has 0 aromatic rings. The first-order valence-corrected chi connectivity index (χ1v) is 16.9. The number of fused-ring (bicyclic) bond motifs is 4. The molecule has 2 fully saturated rings. The zero-order chi connectivity index (χ0) is 33.3. The van der Waals surface area contributed by atoms with E-state index in [4.69, 9.17) is 9.84 Å². The fourth-order valence-corrected chi connectivity index (χ4v) is 10.7. The number of rotatable bonds is 10. The fraction of sp³-hybridized carbons (Fsp3) is 0.889. The van der Waals surface area contributed by atoms with Crippen LogP contribution in [0.3, 0.4) is 0 Å². The number of carboxylic acids is 1. The summed E-state index contributed by atoms with van der Waals surface area (Å²) in [6, 6.07) is 0. The van der Waals surface area contributed by atoms with Crippen molar-refractivity contribution in [2.75, 3.05) is 0 Å². The molecule has 8 nitrogen and oxygen atoms in total. The Labute approximate surface area is 264 Å². The Bertz CT molecular complexity index is 1150. The molecule has 0 saturated heterocycles. The van der Waals surface area contributed by atoms with Crippen LogP contribution in [0.25, 0.3) is 0 Å². The van der Waals surface area contributed by atoms with Crippen LogP contribution in [0.5, 0.6) is 0 Å². The molecule has 0 aromatic carbocycles. The number of hydrogen-bond donors (Lipinski definition) is 5. The predicted octanol–water partition coefficient (Wildman–Crippen LogP) is 5.78. The van der Waals surface area contributed by atoms with E-state index in [1.165, 1.54) is 12.5 Å². The van der Waals surface area contributed by atoms with Gasteiger partial charge in [-0.3, -0.25) is 9.59 Å². The lowest BCUT2D eigenvalue weighted by Gasteiger charge is -2.63. The number of hydrogen-bond acceptors (Lipinski definition) is 7. The maximum Gasteiger partial charge on any atom is 0.309 e. The summed E-state index contributed by atoms with van der Waals surface area (Å²) in [5.41, 5.74) is -0.363. The molecular weight excluding hydrogens is 560 g/mol. The van der Waals surface area contributed by atoms with Crippen LogP contribution < -0.4 is 0 Å². The minimum atomic E-state index is -1.73. The van der Waals surface area contributed by atoms with E-state index in [-0.39, 0.29) is 22.2 Å². The topological polar surface area (TPSA) is 145 Å². The maximum atomic E-state index is 13.0. The Morgan fingerprint density at radius 1 is 0.955 bits per heavy atom. The van der Waals surface area contributed by atoms with Gasteiger partial charge in [-0.15, -0.1) is 0 Å². The number of aliphatic hydroxyl groups is 4. The van der Waals surface area contributed by atoms with Gasteiger partial charge in [-0.05, 0) is 118 Å². The summed E-state index contributed by atoms with van der Waals surface area (Å²) in [5, 5.41) is 51.9. The summed E-state index contributed by atoms with van der Waals surface area (Å²) in [4.78, 5) is 24.1. The van der Waals surface area contributed by atoms with E-state index in [1.807, 2.05) is 0 Å². The van der Waals surface area contributed by atoms with Gasteiger partial charge in [-0.25, -0.2) is 0 Å². The van der Waals surface area contributed by atoms with Crippen LogP contribution in [-0.2, 0) is 14.3 Å². The standard InChI is InChI=1S/C36H60O8/c1-21(10-13-27(37)32(4,5)42)22-14-16-36(9)24-11-12-26-31(2,3)30(41)25(44-29(40)20-33(6,43)19-28(38)39)18-34(26,7)23(24)15-17-35(22,36)8/h21-22,25-27,30,37,41-43H,10-20H2,1-9H3,(H,38,39)/t21-,22-,25-,26?,27-,30+,33?,34-,35-,36+/m1/s1. The molecule has 4 aliphatic carbocycles. The van der Waals surface area contributed by atoms with Gasteiger partial charge in [0.15, 0.2) is 0 Å². The van der Waals surface area contributed by atoms with Gasteiger partial charge in [0.2, 0.25) is 0 Å². The van der Waals surface area contributed by atoms with Crippen LogP contribution >= 0.6 is 0 Å². The van der Waals surface area contributed by atoms with Gasteiger partial charge in [0.1, 0.15) is 6.10 Å². The highest BCUT2D eigenvalue weighted by Crippen LogP contribution is 2.72. The van der Waals surface area contributed by atoms with Gasteiger partial charge >= 0.3 is 11.9 Å². The third kappa shape index (κ3) is 6.02. The lowest BCUT2D eigenvalue weighted by molar-refractivity contribution is -0.192. The Morgan fingerprint density at radius 2 is 1.59 bits per heavy atom. The second-order valence-electron chi connectivity index (χ2n) is 17.3. The Morgan fingerprint density at radius 3 is 2.18 bits per heavy atom. The predicted molar refractivity (Wildman–Crippen MR) is 169 cm³/mol. The number of aliphatic carboxylic acids is 1. The molecule has 2 unspecified atom stereocenters. The molecule has 2 saturated carbocycles. The second-order valence-corrected chi connectivity index (χ2v) is 17.3. The zero-order valence-electron chi connectivity index (χ0n) is 28.7. The highest BCUT2D eigenvalue weighted by atomic mass is 16.6. The van der Waals surface area contributed by atoms with Crippen LogP contribution in [0.2, 0.25) is 0 Å². The number of carbonyl (C=O) groups is 2. The molecule has 0 aromatic heterocycles. The highest BCUT2D eigenvalue weighted by Gasteiger charge is 2.65. The number of esters is 1. The number of aliphatic hydroxyl groups excluding tert-OH is 2. The minimum absolute atomic E-state index is 0.0459. The monoisotopic (exact) mass is 620 g/mol. The van der Waals surface area contributed by atoms with Gasteiger partial charge in [-0.1, -0.05) is 52.7 Å². The van der Waals surface area contributed by atoms with Crippen molar-refractivity contribution in [3.8, 4) is 0 Å². The van der Waals surface area contributed by atoms with Crippen molar-refractivity contribution in [1.82, 2.24) is 0 Å². The molecule has 10 atom stereocenters. The largest absolute Gasteiger partial charge is 0.481 e. The van der Waals surface area contributed by atoms with Crippen molar-refractivity contribution >= 4 is 11.9 Å². The Balaban J connectivity index is 1.60. The van der Waals surface area contributed by atoms with Crippen LogP contribution in [0, 0.1) is 39.4 Å². The third-order valence-corrected chi connectivity index (χ3v) is 13.5. The summed E-state index contributed by atoms with van der Waals surface area (Å²) in [5.74, 6) is -0.696. The van der Waals surface area contributed by atoms with Crippen molar-refractivity contribution in [2.24, 2.45) is 39.4 Å². The van der Waals surface area contributed by atoms with E-state index in [0.717, 1.165) is 44.9 Å². The van der Waals surface area contributed by atoms with E-state index in [2.05, 4.69) is 41.5 Å². The summed E-state index contributed by atoms with van der Waals surface area (Å²) in [6.07, 6.45) is 4.91. The smallest absolute Gasteiger partial charge is 0.309 e. The number of ether oxygens (including phenoxy) is 1. The van der Waals surface area contributed by atoms with Crippen LogP contribution in [0.1, 0.15) is 133 Å². The molecule has 0 aliphatic heterocycles. The lowest BCUT2D eigenvalue weighted by Crippen LogP contribution is -2.60. The molecule has 4 rings (SSSR count). The first-order chi connectivity index (χ1) is 20.0. The summed E-state index contributed by atoms with van der Waals surface area (Å²) >= 11 is 0. The van der Waals surface area contributed by atoms with Crippen molar-refractivity contribution in [3.05, 3.63) is 11.1 Å². The molecule has 252 valence electrons. The van der Waals surface area contributed by atoms with Crippen molar-refractivity contribution in [1.29, 1.82) is 0 Å². The summed E-state index contributed by atoms with van der Waals surface area (Å²) in [7, 11) is 0. The van der Waals surface area contributed by atoms with Crippen LogP contribution in [0.15, 0.2) is 11.1 Å². The molecule has 0 heterocycles. The minimum Gasteiger partial charge on any atom is -0.481 e. The van der Waals surface area contributed by atoms with Gasteiger partial charge < -0.3 is 30.3 Å². The Hall–Kier alpha value is -1.48. The van der Waals surface area contributed by atoms with Crippen LogP contribution in [0.4, 0.5) is 0 Å². The summed E-state index contributed by atoms with van der Waals surface area (Å²) < 4.78 is 5.90. The average molecular weight is 621 g/mol. The average Bonchev–Trinajstić information content (AvgIpc) is 3.15. The molecule has 4 aliphatic rings. The second kappa shape index (κ2) is 11.6. The normalized spacial score (nSPS) is 39.4. The fourth-order valence-electron chi connectivity index (χ4n) is 10.7. The van der Waals surface area contributed by atoms with E-state index in [9.17, 15) is 30.0 Å². The SMILES string of the molecule is C[C@H](CC[C@@H](O)C(C)(C)O)[C@H]1CC[C@@]2(C)C3=C(CC[C@]12C)[C@@]1(C)C[C@@H](OC(=O)CC(C)(O)CC(=O)O)[C@H](O)C(C)(C)C1CC3. The molecule has 5 N–H and O–H groups in total. The Kier molecular flexibility index (Phi) is 9.36. The van der Waals surface area contributed by atoms with Crippen molar-refractivity contribution < 1.29 is 39.9 Å². The first-order valence-electron chi connectivity index (χ1n) is 16.9. The quantitative estimate of drug-likeness (QED) is 0.153. The van der Waals surface area contributed by atoms with Gasteiger partial charge in [0.05, 0.1) is 36.3 Å². The molecule has 44 heavy (non-hydrogen) atoms. The molecule has 0 radical (unpaired) electrons. The van der Waals surface area contributed by atoms with Gasteiger partial charge in [0, 0.05) is 0 Å². The highest BCUT2D eigenvalue weighted by molar-refractivity contribution is 5.74. The molecule has 0 spiro atoms. The number of carbonyl (C=O) groups excluding carboxylic acids is 1.